The largest absolute Gasteiger partial charge is 0.506 e. The maximum atomic E-state index is 11.7. The van der Waals surface area contributed by atoms with Gasteiger partial charge in [-0.3, -0.25) is 9.78 Å². The molecule has 1 rings (SSSR count). The van der Waals surface area contributed by atoms with Gasteiger partial charge in [-0.2, -0.15) is 0 Å². The highest BCUT2D eigenvalue weighted by Crippen LogP contribution is 2.09. The van der Waals surface area contributed by atoms with Gasteiger partial charge in [0.05, 0.1) is 11.8 Å². The van der Waals surface area contributed by atoms with Gasteiger partial charge in [0.25, 0.3) is 5.91 Å². The molecule has 1 heterocycles. The third-order valence-electron chi connectivity index (χ3n) is 2.29. The molecule has 1 amide bonds. The number of hydrogen-bond donors (Lipinski definition) is 3. The van der Waals surface area contributed by atoms with Crippen LogP contribution in [0.4, 0.5) is 0 Å². The first-order valence-corrected chi connectivity index (χ1v) is 5.23. The number of aliphatic hydroxyl groups excluding tert-OH is 1. The number of nitrogens with zero attached hydrogens (tertiary/aromatic N) is 1. The molecule has 1 aromatic heterocycles. The lowest BCUT2D eigenvalue weighted by Gasteiger charge is -2.15. The number of pyridine rings is 1. The van der Waals surface area contributed by atoms with Crippen LogP contribution in [0.5, 0.6) is 5.75 Å². The van der Waals surface area contributed by atoms with E-state index in [2.05, 4.69) is 10.3 Å². The van der Waals surface area contributed by atoms with Crippen molar-refractivity contribution in [2.24, 2.45) is 0 Å². The molecule has 1 unspecified atom stereocenters. The van der Waals surface area contributed by atoms with Crippen LogP contribution < -0.4 is 5.32 Å². The number of hydrogen-bond acceptors (Lipinski definition) is 4. The number of rotatable bonds is 5. The maximum Gasteiger partial charge on any atom is 0.253 e. The van der Waals surface area contributed by atoms with Crippen LogP contribution in [-0.2, 0) is 0 Å². The Balaban J connectivity index is 2.64. The Labute approximate surface area is 94.1 Å². The molecule has 1 atom stereocenters. The minimum Gasteiger partial charge on any atom is -0.506 e. The summed E-state index contributed by atoms with van der Waals surface area (Å²) < 4.78 is 0. The first-order chi connectivity index (χ1) is 7.67. The zero-order valence-electron chi connectivity index (χ0n) is 9.18. The van der Waals surface area contributed by atoms with Crippen molar-refractivity contribution in [3.8, 4) is 5.75 Å². The number of aromatic nitrogens is 1. The fourth-order valence-electron chi connectivity index (χ4n) is 1.35. The van der Waals surface area contributed by atoms with Gasteiger partial charge in [-0.05, 0) is 18.9 Å². The van der Waals surface area contributed by atoms with E-state index in [0.29, 0.717) is 12.0 Å². The number of carbonyl (C=O) groups excluding carboxylic acids is 1. The fraction of sp³-hybridized carbons (Fsp3) is 0.455. The average Bonchev–Trinajstić information content (AvgIpc) is 2.28. The summed E-state index contributed by atoms with van der Waals surface area (Å²) in [6.45, 7) is 1.97. The van der Waals surface area contributed by atoms with Gasteiger partial charge < -0.3 is 15.5 Å². The van der Waals surface area contributed by atoms with Crippen LogP contribution in [-0.4, -0.2) is 33.8 Å². The Morgan fingerprint density at radius 1 is 1.56 bits per heavy atom. The van der Waals surface area contributed by atoms with E-state index < -0.39 is 0 Å². The van der Waals surface area contributed by atoms with E-state index in [4.69, 9.17) is 5.11 Å². The third-order valence-corrected chi connectivity index (χ3v) is 2.29. The number of nitrogens with one attached hydrogen (secondary N) is 1. The van der Waals surface area contributed by atoms with E-state index in [9.17, 15) is 9.90 Å². The van der Waals surface area contributed by atoms with Gasteiger partial charge in [0, 0.05) is 18.8 Å². The predicted molar refractivity (Wildman–Crippen MR) is 59.1 cm³/mol. The van der Waals surface area contributed by atoms with Crippen molar-refractivity contribution >= 4 is 5.91 Å². The summed E-state index contributed by atoms with van der Waals surface area (Å²) in [5.74, 6) is -0.327. The monoisotopic (exact) mass is 224 g/mol. The van der Waals surface area contributed by atoms with Crippen LogP contribution in [0, 0.1) is 0 Å². The molecule has 5 nitrogen and oxygen atoms in total. The first-order valence-electron chi connectivity index (χ1n) is 5.23. The Morgan fingerprint density at radius 3 is 2.88 bits per heavy atom. The molecule has 0 aliphatic heterocycles. The van der Waals surface area contributed by atoms with Crippen molar-refractivity contribution in [3.63, 3.8) is 0 Å². The molecule has 0 aliphatic carbocycles. The smallest absolute Gasteiger partial charge is 0.253 e. The minimum absolute atomic E-state index is 0.0388. The molecule has 0 saturated carbocycles. The molecular weight excluding hydrogens is 208 g/mol. The lowest BCUT2D eigenvalue weighted by Crippen LogP contribution is -2.35. The highest BCUT2D eigenvalue weighted by Gasteiger charge is 2.12. The van der Waals surface area contributed by atoms with E-state index in [-0.39, 0.29) is 24.3 Å². The average molecular weight is 224 g/mol. The highest BCUT2D eigenvalue weighted by molar-refractivity contribution is 5.94. The van der Waals surface area contributed by atoms with Crippen molar-refractivity contribution in [1.29, 1.82) is 0 Å². The number of amides is 1. The Morgan fingerprint density at radius 2 is 2.31 bits per heavy atom. The van der Waals surface area contributed by atoms with Gasteiger partial charge >= 0.3 is 0 Å². The second-order valence-electron chi connectivity index (χ2n) is 3.52. The zero-order valence-corrected chi connectivity index (χ0v) is 9.18. The van der Waals surface area contributed by atoms with E-state index in [0.717, 1.165) is 6.42 Å². The normalized spacial score (nSPS) is 12.1. The lowest BCUT2D eigenvalue weighted by molar-refractivity contribution is 0.0928. The van der Waals surface area contributed by atoms with Crippen molar-refractivity contribution in [3.05, 3.63) is 24.0 Å². The molecular formula is C11H16N2O3. The number of aliphatic hydroxyl groups is 1. The van der Waals surface area contributed by atoms with Crippen LogP contribution in [0.25, 0.3) is 0 Å². The quantitative estimate of drug-likeness (QED) is 0.686. The summed E-state index contributed by atoms with van der Waals surface area (Å²) in [6, 6.07) is 1.30. The molecule has 0 radical (unpaired) electrons. The molecule has 5 heteroatoms. The highest BCUT2D eigenvalue weighted by atomic mass is 16.3. The second kappa shape index (κ2) is 6.07. The van der Waals surface area contributed by atoms with Gasteiger partial charge in [0.15, 0.2) is 0 Å². The van der Waals surface area contributed by atoms with Gasteiger partial charge in [0.1, 0.15) is 5.75 Å². The lowest BCUT2D eigenvalue weighted by atomic mass is 10.1. The molecule has 0 fully saturated rings. The van der Waals surface area contributed by atoms with Crippen LogP contribution in [0.2, 0.25) is 0 Å². The molecule has 88 valence electrons. The Bertz CT molecular complexity index is 355. The predicted octanol–water partition coefficient (Wildman–Crippen LogP) is 0.678. The summed E-state index contributed by atoms with van der Waals surface area (Å²) in [4.78, 5) is 15.4. The standard InChI is InChI=1S/C11H16N2O3/c1-2-9(3-4-14)13-11(16)8-5-10(15)7-12-6-8/h5-7,9,14-15H,2-4H2,1H3,(H,13,16). The van der Waals surface area contributed by atoms with E-state index in [1.165, 1.54) is 18.5 Å². The molecule has 16 heavy (non-hydrogen) atoms. The molecule has 3 N–H and O–H groups in total. The molecule has 0 spiro atoms. The summed E-state index contributed by atoms with van der Waals surface area (Å²) in [5.41, 5.74) is 0.316. The van der Waals surface area contributed by atoms with Crippen molar-refractivity contribution in [2.75, 3.05) is 6.61 Å². The van der Waals surface area contributed by atoms with Crippen molar-refractivity contribution < 1.29 is 15.0 Å². The molecule has 0 aliphatic rings. The zero-order chi connectivity index (χ0) is 12.0. The number of carbonyl (C=O) groups is 1. The second-order valence-corrected chi connectivity index (χ2v) is 3.52. The topological polar surface area (TPSA) is 82.5 Å². The van der Waals surface area contributed by atoms with Gasteiger partial charge in [-0.15, -0.1) is 0 Å². The van der Waals surface area contributed by atoms with Crippen molar-refractivity contribution in [2.45, 2.75) is 25.8 Å². The van der Waals surface area contributed by atoms with Crippen LogP contribution in [0.3, 0.4) is 0 Å². The van der Waals surface area contributed by atoms with Gasteiger partial charge in [-0.1, -0.05) is 6.92 Å². The van der Waals surface area contributed by atoms with Crippen molar-refractivity contribution in [1.82, 2.24) is 10.3 Å². The van der Waals surface area contributed by atoms with Crippen LogP contribution in [0.15, 0.2) is 18.5 Å². The molecule has 1 aromatic rings. The van der Waals surface area contributed by atoms with E-state index >= 15 is 0 Å². The SMILES string of the molecule is CCC(CCO)NC(=O)c1cncc(O)c1. The minimum atomic E-state index is -0.288. The summed E-state index contributed by atoms with van der Waals surface area (Å²) in [6.07, 6.45) is 3.93. The molecule has 0 aromatic carbocycles. The molecule has 0 saturated heterocycles. The summed E-state index contributed by atoms with van der Waals surface area (Å²) in [7, 11) is 0. The van der Waals surface area contributed by atoms with E-state index in [1.54, 1.807) is 0 Å². The summed E-state index contributed by atoms with van der Waals surface area (Å²) in [5, 5.41) is 20.7. The fourth-order valence-corrected chi connectivity index (χ4v) is 1.35. The first kappa shape index (κ1) is 12.4. The van der Waals surface area contributed by atoms with Crippen LogP contribution in [0.1, 0.15) is 30.1 Å². The van der Waals surface area contributed by atoms with Gasteiger partial charge in [0.2, 0.25) is 0 Å². The van der Waals surface area contributed by atoms with E-state index in [1.807, 2.05) is 6.92 Å². The third kappa shape index (κ3) is 3.51. The Kier molecular flexibility index (Phi) is 4.72. The summed E-state index contributed by atoms with van der Waals surface area (Å²) >= 11 is 0. The molecule has 0 bridgehead atoms. The van der Waals surface area contributed by atoms with Gasteiger partial charge in [-0.25, -0.2) is 0 Å². The maximum absolute atomic E-state index is 11.7. The Hall–Kier alpha value is -1.62. The number of aromatic hydroxyl groups is 1. The van der Waals surface area contributed by atoms with Crippen LogP contribution >= 0.6 is 0 Å².